The van der Waals surface area contributed by atoms with Gasteiger partial charge in [-0.3, -0.25) is 9.79 Å². The number of rotatable bonds is 5. The predicted molar refractivity (Wildman–Crippen MR) is 129 cm³/mol. The van der Waals surface area contributed by atoms with Crippen LogP contribution in [0.4, 0.5) is 4.79 Å². The van der Waals surface area contributed by atoms with Gasteiger partial charge in [0.2, 0.25) is 0 Å². The largest absolute Gasteiger partial charge is 0.448 e. The molecule has 0 N–H and O–H groups in total. The maximum absolute atomic E-state index is 12.8. The Morgan fingerprint density at radius 1 is 1.12 bits per heavy atom. The third-order valence-electron chi connectivity index (χ3n) is 8.10. The van der Waals surface area contributed by atoms with Crippen LogP contribution in [0.25, 0.3) is 0 Å². The first-order chi connectivity index (χ1) is 15.5. The Hall–Kier alpha value is -2.25. The van der Waals surface area contributed by atoms with Crippen LogP contribution in [0.15, 0.2) is 45.1 Å². The van der Waals surface area contributed by atoms with Gasteiger partial charge in [-0.25, -0.2) is 9.79 Å². The van der Waals surface area contributed by atoms with Crippen molar-refractivity contribution in [3.63, 3.8) is 0 Å². The van der Waals surface area contributed by atoms with E-state index in [1.54, 1.807) is 4.90 Å². The average molecular weight is 471 g/mol. The van der Waals surface area contributed by atoms with Gasteiger partial charge in [0.1, 0.15) is 6.61 Å². The van der Waals surface area contributed by atoms with Crippen LogP contribution in [0, 0.1) is 29.6 Å². The second-order valence-electron chi connectivity index (χ2n) is 10.3. The van der Waals surface area contributed by atoms with E-state index in [1.807, 2.05) is 12.2 Å². The van der Waals surface area contributed by atoms with E-state index < -0.39 is 0 Å². The molecule has 0 aromatic carbocycles. The second kappa shape index (κ2) is 8.51. The van der Waals surface area contributed by atoms with E-state index >= 15 is 0 Å². The van der Waals surface area contributed by atoms with Gasteiger partial charge in [-0.15, -0.1) is 12.4 Å². The topological polar surface area (TPSA) is 74.6 Å². The van der Waals surface area contributed by atoms with Gasteiger partial charge < -0.3 is 14.5 Å². The summed E-state index contributed by atoms with van der Waals surface area (Å²) in [5.74, 6) is 2.24. The van der Waals surface area contributed by atoms with Crippen molar-refractivity contribution in [2.24, 2.45) is 39.6 Å². The molecule has 0 bridgehead atoms. The Morgan fingerprint density at radius 2 is 1.91 bits per heavy atom. The third kappa shape index (κ3) is 4.10. The van der Waals surface area contributed by atoms with Crippen molar-refractivity contribution in [3.8, 4) is 0 Å². The van der Waals surface area contributed by atoms with E-state index in [1.165, 1.54) is 25.1 Å². The van der Waals surface area contributed by atoms with E-state index in [0.717, 1.165) is 47.5 Å². The number of halogens is 1. The highest BCUT2D eigenvalue weighted by Gasteiger charge is 2.45. The molecule has 4 aliphatic heterocycles. The van der Waals surface area contributed by atoms with Gasteiger partial charge in [0.15, 0.2) is 0 Å². The fourth-order valence-electron chi connectivity index (χ4n) is 6.07. The molecule has 6 rings (SSSR count). The molecule has 4 heterocycles. The van der Waals surface area contributed by atoms with Gasteiger partial charge in [-0.2, -0.15) is 0 Å². The standard InChI is InChI=1S/C25H30N4O3.ClH/c1-14-21(13-28-11-17-8-18(17)12-28)15(2)26-23(14)9-20-19-7-16(3-4-22(19)27-24(20)30)10-29-5-6-32-25(29)31;/h3-4,9,16-19,21H,5-8,10-13H2,1-2H3;1H/b20-9-;/t16?,17-,18+,19?,21?;. The minimum Gasteiger partial charge on any atom is -0.448 e. The van der Waals surface area contributed by atoms with Gasteiger partial charge in [-0.1, -0.05) is 6.08 Å². The van der Waals surface area contributed by atoms with E-state index in [2.05, 4.69) is 29.8 Å². The van der Waals surface area contributed by atoms with Crippen LogP contribution < -0.4 is 0 Å². The second-order valence-corrected chi connectivity index (χ2v) is 10.3. The summed E-state index contributed by atoms with van der Waals surface area (Å²) in [6, 6.07) is 0. The molecule has 7 nitrogen and oxygen atoms in total. The van der Waals surface area contributed by atoms with Crippen molar-refractivity contribution in [2.75, 3.05) is 39.3 Å². The molecule has 0 radical (unpaired) electrons. The number of cyclic esters (lactones) is 1. The Kier molecular flexibility index (Phi) is 5.81. The Balaban J connectivity index is 0.00000228. The maximum atomic E-state index is 12.8. The monoisotopic (exact) mass is 470 g/mol. The molecular weight excluding hydrogens is 440 g/mol. The third-order valence-corrected chi connectivity index (χ3v) is 8.10. The lowest BCUT2D eigenvalue weighted by molar-refractivity contribution is -0.114. The van der Waals surface area contributed by atoms with Crippen LogP contribution in [0.3, 0.4) is 0 Å². The number of likely N-dealkylation sites (tertiary alicyclic amines) is 1. The number of amides is 2. The number of aliphatic imine (C=N–C) groups is 2. The van der Waals surface area contributed by atoms with Gasteiger partial charge >= 0.3 is 6.09 Å². The first-order valence-electron chi connectivity index (χ1n) is 11.9. The zero-order valence-corrected chi connectivity index (χ0v) is 20.0. The van der Waals surface area contributed by atoms with Crippen LogP contribution in [0.5, 0.6) is 0 Å². The van der Waals surface area contributed by atoms with Gasteiger partial charge in [0.05, 0.1) is 18.0 Å². The zero-order valence-electron chi connectivity index (χ0n) is 19.2. The van der Waals surface area contributed by atoms with Crippen LogP contribution in [0.1, 0.15) is 26.7 Å². The number of nitrogens with zero attached hydrogens (tertiary/aromatic N) is 4. The molecule has 33 heavy (non-hydrogen) atoms. The fourth-order valence-corrected chi connectivity index (χ4v) is 6.07. The molecule has 0 aromatic heterocycles. The highest BCUT2D eigenvalue weighted by molar-refractivity contribution is 6.18. The SMILES string of the molecule is CC1=NC(/C=C2\C(=O)N=C3C=CC(CN4CCOC4=O)CC32)=C(C)C1CN1C[C@H]2C[C@H]2C1.Cl. The summed E-state index contributed by atoms with van der Waals surface area (Å²) in [5, 5.41) is 0. The lowest BCUT2D eigenvalue weighted by atomic mass is 9.81. The quantitative estimate of drug-likeness (QED) is 0.578. The molecule has 2 amide bonds. The number of allylic oxidation sites excluding steroid dienone is 2. The summed E-state index contributed by atoms with van der Waals surface area (Å²) in [7, 11) is 0. The number of piperidine rings is 1. The highest BCUT2D eigenvalue weighted by atomic mass is 35.5. The van der Waals surface area contributed by atoms with E-state index in [4.69, 9.17) is 9.73 Å². The highest BCUT2D eigenvalue weighted by Crippen LogP contribution is 2.45. The van der Waals surface area contributed by atoms with Crippen LogP contribution in [-0.4, -0.2) is 72.6 Å². The van der Waals surface area contributed by atoms with Gasteiger partial charge in [0, 0.05) is 49.3 Å². The number of hydrogen-bond acceptors (Lipinski definition) is 5. The molecule has 3 unspecified atom stereocenters. The Labute approximate surface area is 200 Å². The minimum atomic E-state index is -0.242. The maximum Gasteiger partial charge on any atom is 0.409 e. The smallest absolute Gasteiger partial charge is 0.409 e. The van der Waals surface area contributed by atoms with Crippen molar-refractivity contribution in [3.05, 3.63) is 35.1 Å². The van der Waals surface area contributed by atoms with Crippen LogP contribution in [0.2, 0.25) is 0 Å². The Morgan fingerprint density at radius 3 is 2.64 bits per heavy atom. The summed E-state index contributed by atoms with van der Waals surface area (Å²) in [6.45, 7) is 9.50. The van der Waals surface area contributed by atoms with Gasteiger partial charge in [-0.05, 0) is 62.2 Å². The number of carbonyl (C=O) groups excluding carboxylic acids is 2. The van der Waals surface area contributed by atoms with E-state index in [-0.39, 0.29) is 36.2 Å². The molecule has 8 heteroatoms. The Bertz CT molecular complexity index is 1030. The lowest BCUT2D eigenvalue weighted by Crippen LogP contribution is -2.32. The lowest BCUT2D eigenvalue weighted by Gasteiger charge is -2.26. The summed E-state index contributed by atoms with van der Waals surface area (Å²) in [5.41, 5.74) is 4.93. The summed E-state index contributed by atoms with van der Waals surface area (Å²) >= 11 is 0. The zero-order chi connectivity index (χ0) is 22.0. The number of ether oxygens (including phenoxy) is 1. The summed E-state index contributed by atoms with van der Waals surface area (Å²) < 4.78 is 5.06. The number of hydrogen-bond donors (Lipinski definition) is 0. The average Bonchev–Trinajstić information content (AvgIpc) is 3.05. The molecule has 2 saturated heterocycles. The van der Waals surface area contributed by atoms with Crippen molar-refractivity contribution < 1.29 is 14.3 Å². The first kappa shape index (κ1) is 22.5. The van der Waals surface area contributed by atoms with Gasteiger partial charge in [0.25, 0.3) is 5.91 Å². The van der Waals surface area contributed by atoms with E-state index in [0.29, 0.717) is 25.6 Å². The summed E-state index contributed by atoms with van der Waals surface area (Å²) in [4.78, 5) is 38.1. The first-order valence-corrected chi connectivity index (χ1v) is 11.9. The molecule has 0 spiro atoms. The molecule has 6 aliphatic rings. The molecular formula is C25H31ClN4O3. The van der Waals surface area contributed by atoms with Crippen LogP contribution in [-0.2, 0) is 9.53 Å². The van der Waals surface area contributed by atoms with Crippen molar-refractivity contribution in [2.45, 2.75) is 26.7 Å². The van der Waals surface area contributed by atoms with Crippen molar-refractivity contribution in [1.29, 1.82) is 0 Å². The molecule has 176 valence electrons. The molecule has 3 fully saturated rings. The van der Waals surface area contributed by atoms with Crippen molar-refractivity contribution >= 4 is 35.8 Å². The molecule has 2 aliphatic carbocycles. The van der Waals surface area contributed by atoms with Crippen molar-refractivity contribution in [1.82, 2.24) is 9.80 Å². The van der Waals surface area contributed by atoms with E-state index in [9.17, 15) is 9.59 Å². The molecule has 0 aromatic rings. The molecule has 5 atom stereocenters. The minimum absolute atomic E-state index is 0. The van der Waals surface area contributed by atoms with Crippen LogP contribution >= 0.6 is 12.4 Å². The molecule has 1 saturated carbocycles. The summed E-state index contributed by atoms with van der Waals surface area (Å²) in [6.07, 6.45) is 7.99. The normalized spacial score (nSPS) is 36.1. The number of fused-ring (bicyclic) bond motifs is 2. The predicted octanol–water partition coefficient (Wildman–Crippen LogP) is 3.28. The fraction of sp³-hybridized carbons (Fsp3) is 0.600. The number of carbonyl (C=O) groups is 2.